The second-order valence-electron chi connectivity index (χ2n) is 4.26. The minimum absolute atomic E-state index is 0.124. The van der Waals surface area contributed by atoms with Crippen LogP contribution in [-0.4, -0.2) is 12.2 Å². The molecule has 0 saturated heterocycles. The molecule has 3 N–H and O–H groups in total. The predicted octanol–water partition coefficient (Wildman–Crippen LogP) is 3.55. The lowest BCUT2D eigenvalue weighted by Crippen LogP contribution is -2.12. The van der Waals surface area contributed by atoms with Gasteiger partial charge in [0.15, 0.2) is 0 Å². The van der Waals surface area contributed by atoms with Gasteiger partial charge in [-0.15, -0.1) is 11.8 Å². The molecule has 2 aromatic rings. The number of aryl methyl sites for hydroxylation is 1. The summed E-state index contributed by atoms with van der Waals surface area (Å²) in [4.78, 5) is 13.3. The molecular formula is C15H16N2OS. The summed E-state index contributed by atoms with van der Waals surface area (Å²) in [5.74, 6) is -0.124. The van der Waals surface area contributed by atoms with Crippen molar-refractivity contribution in [1.82, 2.24) is 0 Å². The molecule has 19 heavy (non-hydrogen) atoms. The highest BCUT2D eigenvalue weighted by Crippen LogP contribution is 2.20. The van der Waals surface area contributed by atoms with E-state index in [-0.39, 0.29) is 5.91 Å². The number of hydrogen-bond donors (Lipinski definition) is 2. The molecule has 0 bridgehead atoms. The molecule has 0 heterocycles. The van der Waals surface area contributed by atoms with Crippen LogP contribution in [0.4, 0.5) is 11.4 Å². The highest BCUT2D eigenvalue weighted by molar-refractivity contribution is 7.98. The summed E-state index contributed by atoms with van der Waals surface area (Å²) < 4.78 is 0. The highest BCUT2D eigenvalue weighted by atomic mass is 32.2. The molecule has 98 valence electrons. The van der Waals surface area contributed by atoms with E-state index in [0.717, 1.165) is 16.1 Å². The Morgan fingerprint density at radius 3 is 2.47 bits per heavy atom. The van der Waals surface area contributed by atoms with E-state index in [2.05, 4.69) is 5.32 Å². The van der Waals surface area contributed by atoms with Gasteiger partial charge < -0.3 is 11.1 Å². The lowest BCUT2D eigenvalue weighted by molar-refractivity contribution is 0.102. The number of thioether (sulfide) groups is 1. The third-order valence-electron chi connectivity index (χ3n) is 2.86. The van der Waals surface area contributed by atoms with Gasteiger partial charge in [-0.05, 0) is 55.1 Å². The Hall–Kier alpha value is -1.94. The van der Waals surface area contributed by atoms with Crippen molar-refractivity contribution in [3.63, 3.8) is 0 Å². The Morgan fingerprint density at radius 2 is 1.84 bits per heavy atom. The first-order valence-electron chi connectivity index (χ1n) is 5.91. The molecule has 0 aromatic heterocycles. The van der Waals surface area contributed by atoms with E-state index in [1.54, 1.807) is 17.8 Å². The van der Waals surface area contributed by atoms with Crippen LogP contribution < -0.4 is 11.1 Å². The smallest absolute Gasteiger partial charge is 0.255 e. The molecule has 0 unspecified atom stereocenters. The third-order valence-corrected chi connectivity index (χ3v) is 3.61. The molecule has 0 spiro atoms. The molecule has 4 heteroatoms. The number of anilines is 2. The number of nitrogens with one attached hydrogen (secondary N) is 1. The number of benzene rings is 2. The van der Waals surface area contributed by atoms with Gasteiger partial charge in [0.1, 0.15) is 0 Å². The summed E-state index contributed by atoms with van der Waals surface area (Å²) in [7, 11) is 0. The van der Waals surface area contributed by atoms with Gasteiger partial charge in [0.25, 0.3) is 5.91 Å². The highest BCUT2D eigenvalue weighted by Gasteiger charge is 2.07. The van der Waals surface area contributed by atoms with E-state index < -0.39 is 0 Å². The molecule has 2 rings (SSSR count). The lowest BCUT2D eigenvalue weighted by atomic mass is 10.1. The van der Waals surface area contributed by atoms with Crippen molar-refractivity contribution in [2.75, 3.05) is 17.3 Å². The fourth-order valence-corrected chi connectivity index (χ4v) is 2.12. The van der Waals surface area contributed by atoms with E-state index >= 15 is 0 Å². The number of rotatable bonds is 3. The number of nitrogens with two attached hydrogens (primary N) is 1. The molecule has 0 saturated carbocycles. The van der Waals surface area contributed by atoms with E-state index in [4.69, 9.17) is 5.73 Å². The molecule has 1 amide bonds. The number of hydrogen-bond acceptors (Lipinski definition) is 3. The zero-order chi connectivity index (χ0) is 13.8. The van der Waals surface area contributed by atoms with Crippen molar-refractivity contribution in [2.45, 2.75) is 11.8 Å². The van der Waals surface area contributed by atoms with Gasteiger partial charge in [-0.3, -0.25) is 4.79 Å². The van der Waals surface area contributed by atoms with Crippen LogP contribution in [-0.2, 0) is 0 Å². The normalized spacial score (nSPS) is 10.2. The summed E-state index contributed by atoms with van der Waals surface area (Å²) in [6.45, 7) is 1.94. The molecule has 0 atom stereocenters. The molecule has 0 aliphatic rings. The van der Waals surface area contributed by atoms with Gasteiger partial charge in [0.2, 0.25) is 0 Å². The quantitative estimate of drug-likeness (QED) is 0.663. The first-order chi connectivity index (χ1) is 9.10. The number of amides is 1. The second kappa shape index (κ2) is 5.80. The van der Waals surface area contributed by atoms with Crippen molar-refractivity contribution < 1.29 is 4.79 Å². The van der Waals surface area contributed by atoms with E-state index in [0.29, 0.717) is 11.3 Å². The van der Waals surface area contributed by atoms with Crippen molar-refractivity contribution in [3.05, 3.63) is 53.6 Å². The van der Waals surface area contributed by atoms with Crippen molar-refractivity contribution >= 4 is 29.0 Å². The fourth-order valence-electron chi connectivity index (χ4n) is 1.71. The zero-order valence-electron chi connectivity index (χ0n) is 10.9. The molecule has 3 nitrogen and oxygen atoms in total. The average Bonchev–Trinajstić information content (AvgIpc) is 2.43. The van der Waals surface area contributed by atoms with Crippen molar-refractivity contribution in [3.8, 4) is 0 Å². The Morgan fingerprint density at radius 1 is 1.16 bits per heavy atom. The first kappa shape index (κ1) is 13.5. The predicted molar refractivity (Wildman–Crippen MR) is 81.8 cm³/mol. The van der Waals surface area contributed by atoms with Crippen LogP contribution in [0.25, 0.3) is 0 Å². The molecular weight excluding hydrogens is 256 g/mol. The second-order valence-corrected chi connectivity index (χ2v) is 5.14. The van der Waals surface area contributed by atoms with Crippen LogP contribution in [0.5, 0.6) is 0 Å². The standard InChI is InChI=1S/C15H16N2OS/c1-10-3-6-12(16)9-14(10)17-15(18)11-4-7-13(19-2)8-5-11/h3-9H,16H2,1-2H3,(H,17,18). The number of carbonyl (C=O) groups is 1. The van der Waals surface area contributed by atoms with Gasteiger partial charge in [-0.1, -0.05) is 6.07 Å². The lowest BCUT2D eigenvalue weighted by Gasteiger charge is -2.09. The van der Waals surface area contributed by atoms with E-state index in [9.17, 15) is 4.79 Å². The van der Waals surface area contributed by atoms with Gasteiger partial charge in [0, 0.05) is 21.8 Å². The van der Waals surface area contributed by atoms with Crippen LogP contribution in [0, 0.1) is 6.92 Å². The molecule has 0 aliphatic heterocycles. The Labute approximate surface area is 117 Å². The third kappa shape index (κ3) is 3.29. The van der Waals surface area contributed by atoms with E-state index in [1.165, 1.54) is 0 Å². The fraction of sp³-hybridized carbons (Fsp3) is 0.133. The Bertz CT molecular complexity index is 594. The number of nitrogen functional groups attached to an aromatic ring is 1. The summed E-state index contributed by atoms with van der Waals surface area (Å²) >= 11 is 1.65. The van der Waals surface area contributed by atoms with Crippen molar-refractivity contribution in [2.24, 2.45) is 0 Å². The molecule has 0 radical (unpaired) electrons. The van der Waals surface area contributed by atoms with Crippen LogP contribution in [0.3, 0.4) is 0 Å². The van der Waals surface area contributed by atoms with Gasteiger partial charge in [-0.2, -0.15) is 0 Å². The van der Waals surface area contributed by atoms with E-state index in [1.807, 2.05) is 49.6 Å². The van der Waals surface area contributed by atoms with Gasteiger partial charge in [0.05, 0.1) is 0 Å². The molecule has 0 fully saturated rings. The summed E-state index contributed by atoms with van der Waals surface area (Å²) in [5.41, 5.74) is 8.74. The maximum atomic E-state index is 12.1. The topological polar surface area (TPSA) is 55.1 Å². The molecule has 0 aliphatic carbocycles. The summed E-state index contributed by atoms with van der Waals surface area (Å²) in [6, 6.07) is 13.0. The molecule has 2 aromatic carbocycles. The average molecular weight is 272 g/mol. The van der Waals surface area contributed by atoms with Gasteiger partial charge >= 0.3 is 0 Å². The number of carbonyl (C=O) groups excluding carboxylic acids is 1. The first-order valence-corrected chi connectivity index (χ1v) is 7.14. The maximum Gasteiger partial charge on any atom is 0.255 e. The monoisotopic (exact) mass is 272 g/mol. The van der Waals surface area contributed by atoms with Crippen LogP contribution in [0.15, 0.2) is 47.4 Å². The Kier molecular flexibility index (Phi) is 4.12. The van der Waals surface area contributed by atoms with Crippen LogP contribution in [0.2, 0.25) is 0 Å². The largest absolute Gasteiger partial charge is 0.399 e. The minimum atomic E-state index is -0.124. The zero-order valence-corrected chi connectivity index (χ0v) is 11.8. The van der Waals surface area contributed by atoms with Gasteiger partial charge in [-0.25, -0.2) is 0 Å². The van der Waals surface area contributed by atoms with Crippen LogP contribution in [0.1, 0.15) is 15.9 Å². The summed E-state index contributed by atoms with van der Waals surface area (Å²) in [5, 5.41) is 2.88. The minimum Gasteiger partial charge on any atom is -0.399 e. The van der Waals surface area contributed by atoms with Crippen LogP contribution >= 0.6 is 11.8 Å². The van der Waals surface area contributed by atoms with Crippen molar-refractivity contribution in [1.29, 1.82) is 0 Å². The maximum absolute atomic E-state index is 12.1. The summed E-state index contributed by atoms with van der Waals surface area (Å²) in [6.07, 6.45) is 2.01. The SMILES string of the molecule is CSc1ccc(C(=O)Nc2cc(N)ccc2C)cc1. The Balaban J connectivity index is 2.18.